The number of nitrogen functional groups attached to an aromatic ring is 1. The zero-order chi connectivity index (χ0) is 11.2. The molecule has 0 aliphatic rings. The molecule has 2 aromatic rings. The van der Waals surface area contributed by atoms with Crippen LogP contribution in [0.5, 0.6) is 0 Å². The van der Waals surface area contributed by atoms with Crippen molar-refractivity contribution in [3.63, 3.8) is 0 Å². The second-order valence-electron chi connectivity index (χ2n) is 3.64. The monoisotopic (exact) mass is 213 g/mol. The quantitative estimate of drug-likeness (QED) is 0.766. The molecule has 0 radical (unpaired) electrons. The Bertz CT molecular complexity index is 440. The summed E-state index contributed by atoms with van der Waals surface area (Å²) in [6, 6.07) is 13.8. The number of anilines is 2. The van der Waals surface area contributed by atoms with Crippen LogP contribution in [-0.2, 0) is 6.42 Å². The van der Waals surface area contributed by atoms with E-state index in [0.717, 1.165) is 24.5 Å². The Morgan fingerprint density at radius 3 is 2.81 bits per heavy atom. The van der Waals surface area contributed by atoms with E-state index in [9.17, 15) is 0 Å². The van der Waals surface area contributed by atoms with E-state index in [0.29, 0.717) is 0 Å². The maximum absolute atomic E-state index is 5.71. The van der Waals surface area contributed by atoms with Crippen molar-refractivity contribution in [3.8, 4) is 0 Å². The van der Waals surface area contributed by atoms with Crippen molar-refractivity contribution < 1.29 is 0 Å². The van der Waals surface area contributed by atoms with Gasteiger partial charge in [0.1, 0.15) is 5.82 Å². The van der Waals surface area contributed by atoms with Crippen LogP contribution in [-0.4, -0.2) is 11.5 Å². The van der Waals surface area contributed by atoms with Crippen LogP contribution in [0.1, 0.15) is 5.56 Å². The van der Waals surface area contributed by atoms with Crippen LogP contribution >= 0.6 is 0 Å². The summed E-state index contributed by atoms with van der Waals surface area (Å²) < 4.78 is 0. The molecule has 3 N–H and O–H groups in total. The topological polar surface area (TPSA) is 50.9 Å². The fraction of sp³-hybridized carbons (Fsp3) is 0.154. The van der Waals surface area contributed by atoms with Gasteiger partial charge in [0.05, 0.1) is 0 Å². The molecular formula is C13H15N3. The molecule has 0 saturated carbocycles. The molecule has 0 fully saturated rings. The highest BCUT2D eigenvalue weighted by Crippen LogP contribution is 2.07. The molecule has 0 bridgehead atoms. The zero-order valence-corrected chi connectivity index (χ0v) is 9.06. The van der Waals surface area contributed by atoms with E-state index >= 15 is 0 Å². The highest BCUT2D eigenvalue weighted by atomic mass is 15.0. The van der Waals surface area contributed by atoms with E-state index in [1.807, 2.05) is 36.4 Å². The Kier molecular flexibility index (Phi) is 3.38. The largest absolute Gasteiger partial charge is 0.399 e. The van der Waals surface area contributed by atoms with Gasteiger partial charge >= 0.3 is 0 Å². The van der Waals surface area contributed by atoms with Gasteiger partial charge in [0.15, 0.2) is 0 Å². The van der Waals surface area contributed by atoms with Crippen molar-refractivity contribution in [3.05, 3.63) is 54.2 Å². The fourth-order valence-electron chi connectivity index (χ4n) is 1.55. The van der Waals surface area contributed by atoms with Gasteiger partial charge in [-0.25, -0.2) is 4.98 Å². The summed E-state index contributed by atoms with van der Waals surface area (Å²) in [6.07, 6.45) is 2.73. The number of pyridine rings is 1. The van der Waals surface area contributed by atoms with Crippen LogP contribution in [0.3, 0.4) is 0 Å². The summed E-state index contributed by atoms with van der Waals surface area (Å²) in [5.41, 5.74) is 7.76. The molecule has 0 atom stereocenters. The first kappa shape index (κ1) is 10.5. The molecule has 0 saturated heterocycles. The number of nitrogens with two attached hydrogens (primary N) is 1. The molecule has 3 heteroatoms. The van der Waals surface area contributed by atoms with Gasteiger partial charge in [-0.3, -0.25) is 0 Å². The molecule has 1 aromatic heterocycles. The number of benzene rings is 1. The Labute approximate surface area is 95.3 Å². The van der Waals surface area contributed by atoms with Crippen LogP contribution in [0.25, 0.3) is 0 Å². The van der Waals surface area contributed by atoms with Crippen LogP contribution in [0.15, 0.2) is 48.7 Å². The van der Waals surface area contributed by atoms with Crippen molar-refractivity contribution in [1.29, 1.82) is 0 Å². The van der Waals surface area contributed by atoms with Gasteiger partial charge in [-0.15, -0.1) is 0 Å². The van der Waals surface area contributed by atoms with E-state index < -0.39 is 0 Å². The summed E-state index contributed by atoms with van der Waals surface area (Å²) >= 11 is 0. The Morgan fingerprint density at radius 2 is 2.06 bits per heavy atom. The standard InChI is InChI=1S/C13H15N3/c14-12-5-3-4-11(10-12)7-9-16-13-6-1-2-8-15-13/h1-6,8,10H,7,9,14H2,(H,15,16). The third-order valence-corrected chi connectivity index (χ3v) is 2.34. The number of hydrogen-bond donors (Lipinski definition) is 2. The lowest BCUT2D eigenvalue weighted by atomic mass is 10.1. The van der Waals surface area contributed by atoms with Gasteiger partial charge in [0, 0.05) is 18.4 Å². The maximum atomic E-state index is 5.71. The Balaban J connectivity index is 1.85. The third kappa shape index (κ3) is 2.98. The second-order valence-corrected chi connectivity index (χ2v) is 3.64. The van der Waals surface area contributed by atoms with E-state index in [-0.39, 0.29) is 0 Å². The van der Waals surface area contributed by atoms with Crippen LogP contribution in [0, 0.1) is 0 Å². The number of aromatic nitrogens is 1. The summed E-state index contributed by atoms with van der Waals surface area (Å²) in [6.45, 7) is 0.862. The highest BCUT2D eigenvalue weighted by molar-refractivity contribution is 5.41. The van der Waals surface area contributed by atoms with Crippen molar-refractivity contribution in [1.82, 2.24) is 4.98 Å². The molecule has 0 aliphatic carbocycles. The molecule has 1 aromatic carbocycles. The summed E-state index contributed by atoms with van der Waals surface area (Å²) in [7, 11) is 0. The highest BCUT2D eigenvalue weighted by Gasteiger charge is 1.94. The third-order valence-electron chi connectivity index (χ3n) is 2.34. The van der Waals surface area contributed by atoms with E-state index in [1.54, 1.807) is 6.20 Å². The van der Waals surface area contributed by atoms with Crippen molar-refractivity contribution in [2.75, 3.05) is 17.6 Å². The molecule has 82 valence electrons. The predicted octanol–water partition coefficient (Wildman–Crippen LogP) is 2.32. The predicted molar refractivity (Wildman–Crippen MR) is 67.3 cm³/mol. The number of nitrogens with zero attached hydrogens (tertiary/aromatic N) is 1. The molecule has 0 unspecified atom stereocenters. The first-order chi connectivity index (χ1) is 7.84. The van der Waals surface area contributed by atoms with Crippen LogP contribution < -0.4 is 11.1 Å². The summed E-state index contributed by atoms with van der Waals surface area (Å²) in [4.78, 5) is 4.19. The second kappa shape index (κ2) is 5.16. The lowest BCUT2D eigenvalue weighted by Crippen LogP contribution is -2.06. The number of hydrogen-bond acceptors (Lipinski definition) is 3. The van der Waals surface area contributed by atoms with Gasteiger partial charge in [0.25, 0.3) is 0 Å². The van der Waals surface area contributed by atoms with E-state index in [2.05, 4.69) is 16.4 Å². The summed E-state index contributed by atoms with van der Waals surface area (Å²) in [5.74, 6) is 0.909. The Hall–Kier alpha value is -2.03. The molecule has 0 amide bonds. The first-order valence-corrected chi connectivity index (χ1v) is 5.34. The first-order valence-electron chi connectivity index (χ1n) is 5.34. The van der Waals surface area contributed by atoms with Crippen LogP contribution in [0.4, 0.5) is 11.5 Å². The van der Waals surface area contributed by atoms with Gasteiger partial charge < -0.3 is 11.1 Å². The number of nitrogens with one attached hydrogen (secondary N) is 1. The van der Waals surface area contributed by atoms with Crippen molar-refractivity contribution in [2.45, 2.75) is 6.42 Å². The zero-order valence-electron chi connectivity index (χ0n) is 9.06. The smallest absolute Gasteiger partial charge is 0.125 e. The lowest BCUT2D eigenvalue weighted by Gasteiger charge is -2.05. The molecule has 0 spiro atoms. The van der Waals surface area contributed by atoms with E-state index in [4.69, 9.17) is 5.73 Å². The van der Waals surface area contributed by atoms with Crippen molar-refractivity contribution in [2.24, 2.45) is 0 Å². The van der Waals surface area contributed by atoms with Gasteiger partial charge in [-0.1, -0.05) is 18.2 Å². The molecule has 1 heterocycles. The van der Waals surface area contributed by atoms with Crippen LogP contribution in [0.2, 0.25) is 0 Å². The average molecular weight is 213 g/mol. The van der Waals surface area contributed by atoms with Gasteiger partial charge in [-0.2, -0.15) is 0 Å². The van der Waals surface area contributed by atoms with Crippen molar-refractivity contribution >= 4 is 11.5 Å². The minimum atomic E-state index is 0.815. The molecule has 0 aliphatic heterocycles. The molecular weight excluding hydrogens is 198 g/mol. The lowest BCUT2D eigenvalue weighted by molar-refractivity contribution is 1.01. The SMILES string of the molecule is Nc1cccc(CCNc2ccccn2)c1. The summed E-state index contributed by atoms with van der Waals surface area (Å²) in [5, 5.41) is 3.26. The average Bonchev–Trinajstić information content (AvgIpc) is 2.30. The van der Waals surface area contributed by atoms with Gasteiger partial charge in [-0.05, 0) is 36.2 Å². The van der Waals surface area contributed by atoms with Gasteiger partial charge in [0.2, 0.25) is 0 Å². The maximum Gasteiger partial charge on any atom is 0.125 e. The number of rotatable bonds is 4. The Morgan fingerprint density at radius 1 is 1.12 bits per heavy atom. The fourth-order valence-corrected chi connectivity index (χ4v) is 1.55. The molecule has 16 heavy (non-hydrogen) atoms. The van der Waals surface area contributed by atoms with E-state index in [1.165, 1.54) is 5.56 Å². The minimum absolute atomic E-state index is 0.815. The molecule has 2 rings (SSSR count). The normalized spacial score (nSPS) is 10.0. The minimum Gasteiger partial charge on any atom is -0.399 e. The molecule has 3 nitrogen and oxygen atoms in total.